The zero-order chi connectivity index (χ0) is 15.5. The molecule has 4 heteroatoms. The molecule has 0 fully saturated rings. The highest BCUT2D eigenvalue weighted by Crippen LogP contribution is 2.32. The number of fused-ring (bicyclic) bond motifs is 1. The number of para-hydroxylation sites is 1. The van der Waals surface area contributed by atoms with Crippen molar-refractivity contribution >= 4 is 11.6 Å². The lowest BCUT2D eigenvalue weighted by molar-refractivity contribution is 0.0952. The fourth-order valence-corrected chi connectivity index (χ4v) is 2.83. The molecule has 1 aliphatic rings. The third-order valence-corrected chi connectivity index (χ3v) is 4.19. The van der Waals surface area contributed by atoms with Crippen LogP contribution in [-0.4, -0.2) is 24.1 Å². The normalized spacial score (nSPS) is 16.0. The summed E-state index contributed by atoms with van der Waals surface area (Å²) in [5.74, 6) is 0.444. The number of phenolic OH excluding ortho intramolecular Hbond substituents is 1. The molecule has 1 heterocycles. The van der Waals surface area contributed by atoms with E-state index < -0.39 is 0 Å². The average molecular weight is 296 g/mol. The minimum atomic E-state index is -0.144. The van der Waals surface area contributed by atoms with Crippen LogP contribution in [-0.2, 0) is 0 Å². The van der Waals surface area contributed by atoms with Gasteiger partial charge >= 0.3 is 0 Å². The predicted molar refractivity (Wildman–Crippen MR) is 87.5 cm³/mol. The Labute approximate surface area is 130 Å². The second kappa shape index (κ2) is 6.10. The smallest absolute Gasteiger partial charge is 0.251 e. The molecule has 0 bridgehead atoms. The number of benzene rings is 2. The van der Waals surface area contributed by atoms with E-state index in [0.29, 0.717) is 18.0 Å². The number of phenols is 1. The van der Waals surface area contributed by atoms with Crippen LogP contribution in [0.15, 0.2) is 42.5 Å². The summed E-state index contributed by atoms with van der Waals surface area (Å²) in [4.78, 5) is 12.1. The van der Waals surface area contributed by atoms with Crippen molar-refractivity contribution in [3.8, 4) is 5.75 Å². The molecule has 0 aliphatic carbocycles. The van der Waals surface area contributed by atoms with Gasteiger partial charge in [0.1, 0.15) is 5.75 Å². The van der Waals surface area contributed by atoms with Crippen molar-refractivity contribution < 1.29 is 9.90 Å². The molecule has 0 spiro atoms. The monoisotopic (exact) mass is 296 g/mol. The topological polar surface area (TPSA) is 61.4 Å². The van der Waals surface area contributed by atoms with E-state index in [1.54, 1.807) is 12.1 Å². The first kappa shape index (κ1) is 14.4. The molecule has 1 unspecified atom stereocenters. The molecular formula is C18H20N2O2. The van der Waals surface area contributed by atoms with Gasteiger partial charge in [-0.05, 0) is 42.7 Å². The van der Waals surface area contributed by atoms with E-state index in [4.69, 9.17) is 0 Å². The van der Waals surface area contributed by atoms with Crippen molar-refractivity contribution in [2.24, 2.45) is 0 Å². The van der Waals surface area contributed by atoms with Crippen molar-refractivity contribution in [3.05, 3.63) is 59.2 Å². The SMILES string of the molecule is Cc1ccc(C(=O)NCCC2CNc3ccccc32)cc1O. The molecule has 1 atom stereocenters. The van der Waals surface area contributed by atoms with Crippen molar-refractivity contribution in [2.45, 2.75) is 19.3 Å². The molecular weight excluding hydrogens is 276 g/mol. The van der Waals surface area contributed by atoms with E-state index >= 15 is 0 Å². The zero-order valence-corrected chi connectivity index (χ0v) is 12.6. The number of aromatic hydroxyl groups is 1. The number of hydrogen-bond donors (Lipinski definition) is 3. The van der Waals surface area contributed by atoms with E-state index in [1.807, 2.05) is 19.1 Å². The maximum absolute atomic E-state index is 12.1. The Morgan fingerprint density at radius 1 is 1.32 bits per heavy atom. The Balaban J connectivity index is 1.55. The molecule has 1 amide bonds. The van der Waals surface area contributed by atoms with E-state index in [-0.39, 0.29) is 11.7 Å². The van der Waals surface area contributed by atoms with E-state index in [9.17, 15) is 9.90 Å². The molecule has 3 rings (SSSR count). The molecule has 4 nitrogen and oxygen atoms in total. The quantitative estimate of drug-likeness (QED) is 0.812. The highest BCUT2D eigenvalue weighted by atomic mass is 16.3. The second-order valence-corrected chi connectivity index (χ2v) is 5.71. The van der Waals surface area contributed by atoms with Gasteiger partial charge in [-0.25, -0.2) is 0 Å². The van der Waals surface area contributed by atoms with Crippen LogP contribution in [0.25, 0.3) is 0 Å². The van der Waals surface area contributed by atoms with Crippen LogP contribution < -0.4 is 10.6 Å². The summed E-state index contributed by atoms with van der Waals surface area (Å²) in [5.41, 5.74) is 3.78. The molecule has 0 saturated heterocycles. The Bertz CT molecular complexity index is 697. The number of amides is 1. The number of hydrogen-bond acceptors (Lipinski definition) is 3. The number of anilines is 1. The Morgan fingerprint density at radius 3 is 2.95 bits per heavy atom. The summed E-state index contributed by atoms with van der Waals surface area (Å²) in [6.07, 6.45) is 0.896. The minimum absolute atomic E-state index is 0.144. The molecule has 2 aromatic carbocycles. The predicted octanol–water partition coefficient (Wildman–Crippen LogP) is 3.03. The summed E-state index contributed by atoms with van der Waals surface area (Å²) < 4.78 is 0. The number of carbonyl (C=O) groups is 1. The van der Waals surface area contributed by atoms with Gasteiger partial charge in [-0.1, -0.05) is 24.3 Å². The van der Waals surface area contributed by atoms with Crippen LogP contribution in [0.4, 0.5) is 5.69 Å². The Kier molecular flexibility index (Phi) is 4.00. The molecule has 0 saturated carbocycles. The fraction of sp³-hybridized carbons (Fsp3) is 0.278. The van der Waals surface area contributed by atoms with Gasteiger partial charge in [0.25, 0.3) is 5.91 Å². The third kappa shape index (κ3) is 2.91. The van der Waals surface area contributed by atoms with Crippen LogP contribution in [0.3, 0.4) is 0 Å². The number of nitrogens with one attached hydrogen (secondary N) is 2. The third-order valence-electron chi connectivity index (χ3n) is 4.19. The van der Waals surface area contributed by atoms with Gasteiger partial charge in [-0.2, -0.15) is 0 Å². The van der Waals surface area contributed by atoms with Gasteiger partial charge in [0.2, 0.25) is 0 Å². The molecule has 3 N–H and O–H groups in total. The van der Waals surface area contributed by atoms with Gasteiger partial charge < -0.3 is 15.7 Å². The molecule has 0 aromatic heterocycles. The molecule has 0 radical (unpaired) electrons. The second-order valence-electron chi connectivity index (χ2n) is 5.71. The molecule has 22 heavy (non-hydrogen) atoms. The summed E-state index contributed by atoms with van der Waals surface area (Å²) in [5, 5.41) is 16.0. The van der Waals surface area contributed by atoms with Gasteiger partial charge in [0, 0.05) is 30.3 Å². The fourth-order valence-electron chi connectivity index (χ4n) is 2.83. The number of carbonyl (C=O) groups excluding carboxylic acids is 1. The van der Waals surface area contributed by atoms with Crippen LogP contribution in [0, 0.1) is 6.92 Å². The van der Waals surface area contributed by atoms with Crippen LogP contribution in [0.2, 0.25) is 0 Å². The maximum atomic E-state index is 12.1. The largest absolute Gasteiger partial charge is 0.508 e. The van der Waals surface area contributed by atoms with Gasteiger partial charge in [0.05, 0.1) is 0 Å². The molecule has 2 aromatic rings. The highest BCUT2D eigenvalue weighted by Gasteiger charge is 2.21. The van der Waals surface area contributed by atoms with E-state index in [1.165, 1.54) is 17.3 Å². The molecule has 114 valence electrons. The highest BCUT2D eigenvalue weighted by molar-refractivity contribution is 5.94. The minimum Gasteiger partial charge on any atom is -0.508 e. The van der Waals surface area contributed by atoms with Gasteiger partial charge in [-0.15, -0.1) is 0 Å². The maximum Gasteiger partial charge on any atom is 0.251 e. The first-order valence-corrected chi connectivity index (χ1v) is 7.56. The van der Waals surface area contributed by atoms with Crippen LogP contribution in [0.1, 0.15) is 33.8 Å². The Hall–Kier alpha value is -2.49. The summed E-state index contributed by atoms with van der Waals surface area (Å²) in [6.45, 7) is 3.34. The van der Waals surface area contributed by atoms with Crippen molar-refractivity contribution in [1.82, 2.24) is 5.32 Å². The van der Waals surface area contributed by atoms with Gasteiger partial charge in [-0.3, -0.25) is 4.79 Å². The average Bonchev–Trinajstić information content (AvgIpc) is 2.93. The number of rotatable bonds is 4. The van der Waals surface area contributed by atoms with Crippen LogP contribution >= 0.6 is 0 Å². The zero-order valence-electron chi connectivity index (χ0n) is 12.6. The van der Waals surface area contributed by atoms with Crippen molar-refractivity contribution in [2.75, 3.05) is 18.4 Å². The number of aryl methyl sites for hydroxylation is 1. The Morgan fingerprint density at radius 2 is 2.14 bits per heavy atom. The summed E-state index contributed by atoms with van der Waals surface area (Å²) in [7, 11) is 0. The summed E-state index contributed by atoms with van der Waals surface area (Å²) >= 11 is 0. The van der Waals surface area contributed by atoms with Crippen molar-refractivity contribution in [3.63, 3.8) is 0 Å². The van der Waals surface area contributed by atoms with E-state index in [2.05, 4.69) is 22.8 Å². The lowest BCUT2D eigenvalue weighted by atomic mass is 9.98. The molecule has 1 aliphatic heterocycles. The lowest BCUT2D eigenvalue weighted by Gasteiger charge is -2.11. The van der Waals surface area contributed by atoms with Gasteiger partial charge in [0.15, 0.2) is 0 Å². The standard InChI is InChI=1S/C18H20N2O2/c1-12-6-7-13(10-17(12)21)18(22)19-9-8-14-11-20-16-5-3-2-4-15(14)16/h2-7,10,14,20-21H,8-9,11H2,1H3,(H,19,22). The van der Waals surface area contributed by atoms with Crippen LogP contribution in [0.5, 0.6) is 5.75 Å². The first-order chi connectivity index (χ1) is 10.6. The van der Waals surface area contributed by atoms with Crippen molar-refractivity contribution in [1.29, 1.82) is 0 Å². The first-order valence-electron chi connectivity index (χ1n) is 7.56. The van der Waals surface area contributed by atoms with E-state index in [0.717, 1.165) is 18.5 Å². The summed E-state index contributed by atoms with van der Waals surface area (Å²) in [6, 6.07) is 13.3. The lowest BCUT2D eigenvalue weighted by Crippen LogP contribution is -2.25.